The fraction of sp³-hybridized carbons (Fsp3) is 0.278. The maximum absolute atomic E-state index is 12.4. The number of halogens is 1. The Morgan fingerprint density at radius 1 is 1.38 bits per heavy atom. The lowest BCUT2D eigenvalue weighted by molar-refractivity contribution is -0.134. The molecule has 0 radical (unpaired) electrons. The van der Waals surface area contributed by atoms with E-state index < -0.39 is 0 Å². The normalized spacial score (nSPS) is 10.7. The molecular weight excluding hydrogens is 418 g/mol. The molecule has 1 aromatic carbocycles. The van der Waals surface area contributed by atoms with Crippen LogP contribution in [0.2, 0.25) is 0 Å². The zero-order valence-electron chi connectivity index (χ0n) is 14.4. The summed E-state index contributed by atoms with van der Waals surface area (Å²) < 4.78 is 11.9. The summed E-state index contributed by atoms with van der Waals surface area (Å²) in [6, 6.07) is 9.47. The predicted octanol–water partition coefficient (Wildman–Crippen LogP) is 4.30. The molecule has 2 heterocycles. The number of hydrogen-bond donors (Lipinski definition) is 0. The van der Waals surface area contributed by atoms with Gasteiger partial charge in [-0.1, -0.05) is 27.2 Å². The van der Waals surface area contributed by atoms with E-state index in [1.807, 2.05) is 49.6 Å². The van der Waals surface area contributed by atoms with Gasteiger partial charge >= 0.3 is 0 Å². The highest BCUT2D eigenvalue weighted by atomic mass is 79.9. The molecule has 8 heteroatoms. The molecule has 0 spiro atoms. The minimum atomic E-state index is -0.135. The van der Waals surface area contributed by atoms with Crippen molar-refractivity contribution in [1.82, 2.24) is 15.0 Å². The van der Waals surface area contributed by atoms with Crippen LogP contribution in [0.25, 0.3) is 10.7 Å². The minimum Gasteiger partial charge on any atom is -0.484 e. The molecule has 0 bridgehead atoms. The van der Waals surface area contributed by atoms with E-state index in [0.29, 0.717) is 24.0 Å². The van der Waals surface area contributed by atoms with Crippen molar-refractivity contribution >= 4 is 33.2 Å². The summed E-state index contributed by atoms with van der Waals surface area (Å²) in [4.78, 5) is 19.4. The van der Waals surface area contributed by atoms with E-state index in [1.165, 1.54) is 11.3 Å². The largest absolute Gasteiger partial charge is 0.484 e. The zero-order valence-corrected chi connectivity index (χ0v) is 16.8. The second kappa shape index (κ2) is 8.46. The van der Waals surface area contributed by atoms with Gasteiger partial charge < -0.3 is 14.2 Å². The third kappa shape index (κ3) is 4.50. The first kappa shape index (κ1) is 18.6. The van der Waals surface area contributed by atoms with Crippen molar-refractivity contribution in [1.29, 1.82) is 0 Å². The van der Waals surface area contributed by atoms with Crippen molar-refractivity contribution in [2.75, 3.05) is 13.2 Å². The SMILES string of the molecule is CCN(Cc1nc(-c2cccs2)no1)C(=O)COc1ccc(Br)c(C)c1. The fourth-order valence-corrected chi connectivity index (χ4v) is 3.20. The Morgan fingerprint density at radius 2 is 2.23 bits per heavy atom. The molecule has 0 aliphatic rings. The maximum atomic E-state index is 12.4. The molecule has 0 unspecified atom stereocenters. The average Bonchev–Trinajstić information content (AvgIpc) is 3.31. The highest BCUT2D eigenvalue weighted by Gasteiger charge is 2.17. The lowest BCUT2D eigenvalue weighted by atomic mass is 10.2. The van der Waals surface area contributed by atoms with E-state index in [-0.39, 0.29) is 19.1 Å². The van der Waals surface area contributed by atoms with E-state index >= 15 is 0 Å². The van der Waals surface area contributed by atoms with Crippen molar-refractivity contribution < 1.29 is 14.1 Å². The zero-order chi connectivity index (χ0) is 18.5. The van der Waals surface area contributed by atoms with Gasteiger partial charge in [-0.2, -0.15) is 4.98 Å². The number of nitrogens with zero attached hydrogens (tertiary/aromatic N) is 3. The summed E-state index contributed by atoms with van der Waals surface area (Å²) in [6.45, 7) is 4.62. The van der Waals surface area contributed by atoms with Crippen molar-refractivity contribution in [2.24, 2.45) is 0 Å². The van der Waals surface area contributed by atoms with Gasteiger partial charge in [0.25, 0.3) is 5.91 Å². The first-order valence-corrected chi connectivity index (χ1v) is 9.77. The van der Waals surface area contributed by atoms with Crippen molar-refractivity contribution in [3.8, 4) is 16.5 Å². The summed E-state index contributed by atoms with van der Waals surface area (Å²) >= 11 is 4.98. The monoisotopic (exact) mass is 435 g/mol. The second-order valence-electron chi connectivity index (χ2n) is 5.60. The van der Waals surface area contributed by atoms with Gasteiger partial charge in [0, 0.05) is 11.0 Å². The number of aromatic nitrogens is 2. The van der Waals surface area contributed by atoms with Crippen LogP contribution in [0.15, 0.2) is 44.7 Å². The van der Waals surface area contributed by atoms with E-state index in [4.69, 9.17) is 9.26 Å². The lowest BCUT2D eigenvalue weighted by Crippen LogP contribution is -2.34. The Balaban J connectivity index is 1.59. The van der Waals surface area contributed by atoms with Crippen LogP contribution in [0, 0.1) is 6.92 Å². The summed E-state index contributed by atoms with van der Waals surface area (Å²) in [5.41, 5.74) is 1.05. The van der Waals surface area contributed by atoms with Gasteiger partial charge in [-0.3, -0.25) is 4.79 Å². The van der Waals surface area contributed by atoms with E-state index in [1.54, 1.807) is 4.90 Å². The van der Waals surface area contributed by atoms with Crippen LogP contribution < -0.4 is 4.74 Å². The average molecular weight is 436 g/mol. The van der Waals surface area contributed by atoms with Crippen LogP contribution in [0.1, 0.15) is 18.4 Å². The number of hydrogen-bond acceptors (Lipinski definition) is 6. The van der Waals surface area contributed by atoms with Crippen molar-refractivity contribution in [2.45, 2.75) is 20.4 Å². The van der Waals surface area contributed by atoms with Crippen LogP contribution in [-0.2, 0) is 11.3 Å². The molecule has 3 rings (SSSR count). The smallest absolute Gasteiger partial charge is 0.260 e. The lowest BCUT2D eigenvalue weighted by Gasteiger charge is -2.19. The Kier molecular flexibility index (Phi) is 6.05. The molecule has 0 aliphatic carbocycles. The quantitative estimate of drug-likeness (QED) is 0.553. The van der Waals surface area contributed by atoms with Crippen LogP contribution in [0.4, 0.5) is 0 Å². The van der Waals surface area contributed by atoms with E-state index in [9.17, 15) is 4.79 Å². The molecule has 3 aromatic rings. The molecule has 136 valence electrons. The Hall–Kier alpha value is -2.19. The number of carbonyl (C=O) groups excluding carboxylic acids is 1. The number of benzene rings is 1. The van der Waals surface area contributed by atoms with Gasteiger partial charge in [0.05, 0.1) is 4.88 Å². The molecule has 2 aromatic heterocycles. The number of likely N-dealkylation sites (N-methyl/N-ethyl adjacent to an activating group) is 1. The summed E-state index contributed by atoms with van der Waals surface area (Å²) in [6.07, 6.45) is 0. The highest BCUT2D eigenvalue weighted by molar-refractivity contribution is 9.10. The molecule has 0 saturated carbocycles. The first-order valence-electron chi connectivity index (χ1n) is 8.10. The van der Waals surface area contributed by atoms with E-state index in [0.717, 1.165) is 14.9 Å². The summed E-state index contributed by atoms with van der Waals surface area (Å²) in [5, 5.41) is 5.92. The number of ether oxygens (including phenoxy) is 1. The number of amides is 1. The third-order valence-corrected chi connectivity index (χ3v) is 5.52. The number of thiophene rings is 1. The summed E-state index contributed by atoms with van der Waals surface area (Å²) in [7, 11) is 0. The van der Waals surface area contributed by atoms with Gasteiger partial charge in [0.2, 0.25) is 11.7 Å². The number of carbonyl (C=O) groups is 1. The van der Waals surface area contributed by atoms with Gasteiger partial charge in [0.1, 0.15) is 12.3 Å². The second-order valence-corrected chi connectivity index (χ2v) is 7.40. The molecule has 1 amide bonds. The topological polar surface area (TPSA) is 68.5 Å². The Labute approximate surface area is 163 Å². The molecule has 0 N–H and O–H groups in total. The molecular formula is C18H18BrN3O3S. The predicted molar refractivity (Wildman–Crippen MR) is 103 cm³/mol. The van der Waals surface area contributed by atoms with Gasteiger partial charge in [0.15, 0.2) is 6.61 Å². The van der Waals surface area contributed by atoms with Crippen molar-refractivity contribution in [3.05, 3.63) is 51.6 Å². The molecule has 6 nitrogen and oxygen atoms in total. The molecule has 26 heavy (non-hydrogen) atoms. The Bertz CT molecular complexity index is 880. The minimum absolute atomic E-state index is 0.0408. The molecule has 0 aliphatic heterocycles. The van der Waals surface area contributed by atoms with E-state index in [2.05, 4.69) is 26.1 Å². The standard InChI is InChI=1S/C18H18BrN3O3S/c1-3-22(10-16-20-18(21-25-16)15-5-4-8-26-15)17(23)11-24-13-6-7-14(19)12(2)9-13/h4-9H,3,10-11H2,1-2H3. The number of rotatable bonds is 7. The van der Waals surface area contributed by atoms with Crippen LogP contribution in [-0.4, -0.2) is 34.1 Å². The summed E-state index contributed by atoms with van der Waals surface area (Å²) in [5.74, 6) is 1.47. The van der Waals surface area contributed by atoms with Gasteiger partial charge in [-0.25, -0.2) is 0 Å². The van der Waals surface area contributed by atoms with Crippen molar-refractivity contribution in [3.63, 3.8) is 0 Å². The molecule has 0 saturated heterocycles. The van der Waals surface area contributed by atoms with Crippen LogP contribution in [0.5, 0.6) is 5.75 Å². The highest BCUT2D eigenvalue weighted by Crippen LogP contribution is 2.22. The number of aryl methyl sites for hydroxylation is 1. The molecule has 0 atom stereocenters. The maximum Gasteiger partial charge on any atom is 0.260 e. The van der Waals surface area contributed by atoms with Gasteiger partial charge in [-0.05, 0) is 49.1 Å². The molecule has 0 fully saturated rings. The van der Waals surface area contributed by atoms with Crippen LogP contribution >= 0.6 is 27.3 Å². The fourth-order valence-electron chi connectivity index (χ4n) is 2.31. The van der Waals surface area contributed by atoms with Crippen LogP contribution in [0.3, 0.4) is 0 Å². The Morgan fingerprint density at radius 3 is 2.92 bits per heavy atom. The first-order chi connectivity index (χ1) is 12.6. The van der Waals surface area contributed by atoms with Gasteiger partial charge in [-0.15, -0.1) is 11.3 Å². The third-order valence-electron chi connectivity index (χ3n) is 3.76.